The lowest BCUT2D eigenvalue weighted by Crippen LogP contribution is -2.01. The second kappa shape index (κ2) is 8.22. The fourth-order valence-corrected chi connectivity index (χ4v) is 3.18. The number of nitrogens with zero attached hydrogens (tertiary/aromatic N) is 4. The van der Waals surface area contributed by atoms with E-state index in [1.807, 2.05) is 13.8 Å². The molecule has 10 heteroatoms. The average molecular weight is 457 g/mol. The maximum atomic E-state index is 14.3. The Labute approximate surface area is 167 Å². The van der Waals surface area contributed by atoms with E-state index in [1.165, 1.54) is 19.2 Å². The quantitative estimate of drug-likeness (QED) is 0.484. The molecule has 1 aromatic carbocycles. The molecule has 0 fully saturated rings. The number of halogens is 3. The van der Waals surface area contributed by atoms with Gasteiger partial charge in [0.25, 0.3) is 0 Å². The number of benzene rings is 1. The van der Waals surface area contributed by atoms with Crippen molar-refractivity contribution >= 4 is 28.3 Å². The van der Waals surface area contributed by atoms with Crippen LogP contribution in [0.2, 0.25) is 0 Å². The van der Waals surface area contributed by atoms with Crippen molar-refractivity contribution in [3.05, 3.63) is 46.6 Å². The highest BCUT2D eigenvalue weighted by atomic mass is 79.9. The topological polar surface area (TPSA) is 62.1 Å². The van der Waals surface area contributed by atoms with Crippen molar-refractivity contribution in [2.45, 2.75) is 19.8 Å². The molecular formula is C17H15BrF2N4O2S. The highest BCUT2D eigenvalue weighted by Gasteiger charge is 2.21. The Hall–Kier alpha value is -2.20. The van der Waals surface area contributed by atoms with Crippen molar-refractivity contribution in [3.8, 4) is 28.8 Å². The second-order valence-corrected chi connectivity index (χ2v) is 7.01. The summed E-state index contributed by atoms with van der Waals surface area (Å²) in [6, 6.07) is 6.02. The Kier molecular flexibility index (Phi) is 5.95. The maximum absolute atomic E-state index is 14.3. The molecule has 0 atom stereocenters. The molecule has 0 saturated heterocycles. The second-order valence-electron chi connectivity index (χ2n) is 5.82. The molecule has 0 aliphatic carbocycles. The van der Waals surface area contributed by atoms with Gasteiger partial charge in [0.05, 0.1) is 7.11 Å². The number of rotatable bonds is 6. The van der Waals surface area contributed by atoms with Gasteiger partial charge in [0, 0.05) is 23.4 Å². The summed E-state index contributed by atoms with van der Waals surface area (Å²) in [4.78, 5) is 8.09. The Balaban J connectivity index is 2.20. The zero-order chi connectivity index (χ0) is 19.6. The molecular weight excluding hydrogens is 442 g/mol. The molecule has 0 saturated carbocycles. The van der Waals surface area contributed by atoms with Crippen molar-refractivity contribution in [2.24, 2.45) is 0 Å². The summed E-state index contributed by atoms with van der Waals surface area (Å²) in [5.74, 6) is 0.254. The fraction of sp³-hybridized carbons (Fsp3) is 0.235. The van der Waals surface area contributed by atoms with Crippen LogP contribution in [-0.4, -0.2) is 26.3 Å². The van der Waals surface area contributed by atoms with Crippen LogP contribution in [0.5, 0.6) is 17.6 Å². The highest BCUT2D eigenvalue weighted by molar-refractivity contribution is 9.10. The molecule has 27 heavy (non-hydrogen) atoms. The molecule has 0 N–H and O–H groups in total. The molecule has 142 valence electrons. The normalized spacial score (nSPS) is 11.1. The van der Waals surface area contributed by atoms with Crippen LogP contribution in [0, 0.1) is 5.82 Å². The molecule has 0 radical (unpaired) electrons. The summed E-state index contributed by atoms with van der Waals surface area (Å²) in [7, 11) is 1.49. The van der Waals surface area contributed by atoms with E-state index in [0.717, 1.165) is 4.09 Å². The predicted molar refractivity (Wildman–Crippen MR) is 102 cm³/mol. The number of aromatic nitrogens is 4. The van der Waals surface area contributed by atoms with E-state index >= 15 is 0 Å². The van der Waals surface area contributed by atoms with E-state index in [2.05, 4.69) is 31.0 Å². The van der Waals surface area contributed by atoms with E-state index in [-0.39, 0.29) is 29.0 Å². The van der Waals surface area contributed by atoms with E-state index < -0.39 is 5.82 Å². The van der Waals surface area contributed by atoms with E-state index in [4.69, 9.17) is 9.47 Å². The summed E-state index contributed by atoms with van der Waals surface area (Å²) >= 11 is 2.94. The first kappa shape index (κ1) is 19.6. The zero-order valence-corrected chi connectivity index (χ0v) is 17.0. The Morgan fingerprint density at radius 2 is 2.04 bits per heavy atom. The zero-order valence-electron chi connectivity index (χ0n) is 14.6. The van der Waals surface area contributed by atoms with Crippen LogP contribution in [0.1, 0.15) is 25.3 Å². The standard InChI is InChI=1S/C17H15BrF2N4O2S/c1-9(2)12-7-11(19)8-13(10-4-5-21-14(6-10)25-3)15(12)26-17-22-16(18)23-24(17)27-20/h4-9H,1-3H3. The number of methoxy groups -OCH3 is 1. The van der Waals surface area contributed by atoms with Crippen molar-refractivity contribution in [3.63, 3.8) is 0 Å². The van der Waals surface area contributed by atoms with E-state index in [0.29, 0.717) is 28.3 Å². The minimum Gasteiger partial charge on any atom is -0.481 e. The lowest BCUT2D eigenvalue weighted by Gasteiger charge is -2.17. The number of hydrogen-bond acceptors (Lipinski definition) is 6. The van der Waals surface area contributed by atoms with E-state index in [1.54, 1.807) is 18.3 Å². The number of ether oxygens (including phenoxy) is 2. The molecule has 0 unspecified atom stereocenters. The number of hydrogen-bond donors (Lipinski definition) is 0. The van der Waals surface area contributed by atoms with Gasteiger partial charge in [0.1, 0.15) is 11.6 Å². The molecule has 0 amide bonds. The maximum Gasteiger partial charge on any atom is 0.334 e. The average Bonchev–Trinajstić information content (AvgIpc) is 3.02. The van der Waals surface area contributed by atoms with Gasteiger partial charge in [-0.05, 0) is 45.6 Å². The molecule has 2 heterocycles. The van der Waals surface area contributed by atoms with Gasteiger partial charge < -0.3 is 9.47 Å². The monoisotopic (exact) mass is 456 g/mol. The summed E-state index contributed by atoms with van der Waals surface area (Å²) < 4.78 is 39.6. The summed E-state index contributed by atoms with van der Waals surface area (Å²) in [6.45, 7) is 3.81. The third-order valence-electron chi connectivity index (χ3n) is 3.74. The summed E-state index contributed by atoms with van der Waals surface area (Å²) in [5, 5.41) is 3.83. The van der Waals surface area contributed by atoms with Crippen LogP contribution in [-0.2, 0) is 0 Å². The van der Waals surface area contributed by atoms with Crippen LogP contribution < -0.4 is 9.47 Å². The smallest absolute Gasteiger partial charge is 0.334 e. The molecule has 0 aliphatic heterocycles. The Morgan fingerprint density at radius 3 is 2.70 bits per heavy atom. The first-order chi connectivity index (χ1) is 12.9. The SMILES string of the molecule is COc1cc(-c2cc(F)cc(C(C)C)c2Oc2nc(Br)nn2SF)ccn1. The molecule has 0 spiro atoms. The molecule has 2 aromatic heterocycles. The molecule has 0 bridgehead atoms. The first-order valence-electron chi connectivity index (χ1n) is 7.86. The molecule has 3 rings (SSSR count). The minimum absolute atomic E-state index is 0.0592. The third-order valence-corrected chi connectivity index (χ3v) is 4.45. The van der Waals surface area contributed by atoms with Gasteiger partial charge >= 0.3 is 6.01 Å². The van der Waals surface area contributed by atoms with Crippen LogP contribution in [0.25, 0.3) is 11.1 Å². The van der Waals surface area contributed by atoms with Gasteiger partial charge in [-0.15, -0.1) is 13.1 Å². The lowest BCUT2D eigenvalue weighted by atomic mass is 9.95. The summed E-state index contributed by atoms with van der Waals surface area (Å²) in [5.41, 5.74) is 1.71. The Bertz CT molecular complexity index is 968. The largest absolute Gasteiger partial charge is 0.481 e. The van der Waals surface area contributed by atoms with Gasteiger partial charge in [0.15, 0.2) is 12.3 Å². The van der Waals surface area contributed by atoms with Crippen LogP contribution in [0.4, 0.5) is 8.28 Å². The molecule has 0 aliphatic rings. The fourth-order valence-electron chi connectivity index (χ4n) is 2.52. The van der Waals surface area contributed by atoms with Crippen LogP contribution >= 0.6 is 28.3 Å². The summed E-state index contributed by atoms with van der Waals surface area (Å²) in [6.07, 6.45) is 1.55. The lowest BCUT2D eigenvalue weighted by molar-refractivity contribution is 0.398. The van der Waals surface area contributed by atoms with Crippen molar-refractivity contribution in [1.29, 1.82) is 0 Å². The van der Waals surface area contributed by atoms with Gasteiger partial charge in [-0.2, -0.15) is 4.98 Å². The van der Waals surface area contributed by atoms with Crippen molar-refractivity contribution in [1.82, 2.24) is 19.2 Å². The van der Waals surface area contributed by atoms with Crippen molar-refractivity contribution < 1.29 is 17.7 Å². The molecule has 6 nitrogen and oxygen atoms in total. The van der Waals surface area contributed by atoms with E-state index in [9.17, 15) is 8.28 Å². The van der Waals surface area contributed by atoms with Crippen molar-refractivity contribution in [2.75, 3.05) is 7.11 Å². The van der Waals surface area contributed by atoms with Gasteiger partial charge in [-0.1, -0.05) is 13.8 Å². The predicted octanol–water partition coefficient (Wildman–Crippen LogP) is 5.55. The van der Waals surface area contributed by atoms with Gasteiger partial charge in [-0.25, -0.2) is 9.37 Å². The van der Waals surface area contributed by atoms with Gasteiger partial charge in [0.2, 0.25) is 10.6 Å². The first-order valence-corrected chi connectivity index (χ1v) is 9.33. The van der Waals surface area contributed by atoms with Crippen LogP contribution in [0.15, 0.2) is 35.2 Å². The third kappa shape index (κ3) is 4.22. The minimum atomic E-state index is -0.417. The Morgan fingerprint density at radius 1 is 1.26 bits per heavy atom. The van der Waals surface area contributed by atoms with Gasteiger partial charge in [-0.3, -0.25) is 0 Å². The van der Waals surface area contributed by atoms with Crippen LogP contribution in [0.3, 0.4) is 0 Å². The number of pyridine rings is 1. The molecule has 3 aromatic rings. The highest BCUT2D eigenvalue weighted by Crippen LogP contribution is 2.41.